The van der Waals surface area contributed by atoms with E-state index in [2.05, 4.69) is 10.6 Å². The molecule has 2 rings (SSSR count). The Morgan fingerprint density at radius 1 is 1.13 bits per heavy atom. The second-order valence-corrected chi connectivity index (χ2v) is 7.54. The smallest absolute Gasteiger partial charge is 0.296 e. The lowest BCUT2D eigenvalue weighted by atomic mass is 10.1. The zero-order chi connectivity index (χ0) is 23.3. The van der Waals surface area contributed by atoms with Crippen molar-refractivity contribution in [1.29, 1.82) is 0 Å². The van der Waals surface area contributed by atoms with E-state index in [0.29, 0.717) is 5.75 Å². The molecule has 2 N–H and O–H groups in total. The second kappa shape index (κ2) is 10.0. The molecule has 0 heterocycles. The summed E-state index contributed by atoms with van der Waals surface area (Å²) in [7, 11) is 3.04. The van der Waals surface area contributed by atoms with Crippen LogP contribution in [0.4, 0.5) is 17.1 Å². The molecule has 2 aromatic carbocycles. The van der Waals surface area contributed by atoms with Gasteiger partial charge in [0.25, 0.3) is 5.69 Å². The van der Waals surface area contributed by atoms with E-state index in [1.54, 1.807) is 18.9 Å². The van der Waals surface area contributed by atoms with Crippen LogP contribution < -0.4 is 15.4 Å². The van der Waals surface area contributed by atoms with Crippen LogP contribution in [0.3, 0.4) is 0 Å². The maximum absolute atomic E-state index is 12.6. The molecule has 0 radical (unpaired) electrons. The van der Waals surface area contributed by atoms with Gasteiger partial charge in [0.15, 0.2) is 0 Å². The molecule has 0 aliphatic rings. The Balaban J connectivity index is 2.05. The monoisotopic (exact) mass is 428 g/mol. The van der Waals surface area contributed by atoms with Crippen LogP contribution in [0.5, 0.6) is 5.75 Å². The number of hydrogen-bond acceptors (Lipinski definition) is 6. The van der Waals surface area contributed by atoms with Crippen LogP contribution in [0.15, 0.2) is 30.3 Å². The molecule has 0 bridgehead atoms. The molecule has 0 aliphatic carbocycles. The molecule has 0 saturated heterocycles. The van der Waals surface area contributed by atoms with Crippen LogP contribution in [0, 0.1) is 30.9 Å². The molecule has 0 spiro atoms. The van der Waals surface area contributed by atoms with Gasteiger partial charge in [-0.15, -0.1) is 0 Å². The van der Waals surface area contributed by atoms with Crippen molar-refractivity contribution in [1.82, 2.24) is 4.90 Å². The summed E-state index contributed by atoms with van der Waals surface area (Å²) < 4.78 is 5.00. The summed E-state index contributed by atoms with van der Waals surface area (Å²) in [6.07, 6.45) is 0. The van der Waals surface area contributed by atoms with Gasteiger partial charge in [0.05, 0.1) is 30.7 Å². The Morgan fingerprint density at radius 2 is 1.74 bits per heavy atom. The first kappa shape index (κ1) is 23.8. The molecule has 9 nitrogen and oxygen atoms in total. The lowest BCUT2D eigenvalue weighted by molar-refractivity contribution is -0.384. The predicted molar refractivity (Wildman–Crippen MR) is 120 cm³/mol. The number of carbonyl (C=O) groups is 2. The van der Waals surface area contributed by atoms with E-state index in [9.17, 15) is 19.7 Å². The molecule has 0 aliphatic heterocycles. The first-order chi connectivity index (χ1) is 14.5. The lowest BCUT2D eigenvalue weighted by Crippen LogP contribution is -2.43. The predicted octanol–water partition coefficient (Wildman–Crippen LogP) is 3.43. The van der Waals surface area contributed by atoms with Crippen LogP contribution in [-0.4, -0.2) is 48.4 Å². The van der Waals surface area contributed by atoms with Crippen molar-refractivity contribution in [2.24, 2.45) is 0 Å². The Labute approximate surface area is 181 Å². The molecule has 166 valence electrons. The Kier molecular flexibility index (Phi) is 7.71. The number of nitro groups is 1. The number of likely N-dealkylation sites (N-methyl/N-ethyl adjacent to an activating group) is 1. The summed E-state index contributed by atoms with van der Waals surface area (Å²) in [5.74, 6) is -0.410. The van der Waals surface area contributed by atoms with Gasteiger partial charge in [0, 0.05) is 5.69 Å². The molecule has 31 heavy (non-hydrogen) atoms. The molecule has 2 amide bonds. The summed E-state index contributed by atoms with van der Waals surface area (Å²) in [5, 5.41) is 16.8. The highest BCUT2D eigenvalue weighted by molar-refractivity contribution is 5.98. The van der Waals surface area contributed by atoms with Crippen molar-refractivity contribution < 1.29 is 19.2 Å². The number of hydrogen-bond donors (Lipinski definition) is 2. The van der Waals surface area contributed by atoms with Gasteiger partial charge in [0.1, 0.15) is 11.4 Å². The van der Waals surface area contributed by atoms with E-state index < -0.39 is 16.9 Å². The number of nitrogens with one attached hydrogen (secondary N) is 2. The number of anilines is 2. The maximum atomic E-state index is 12.6. The van der Waals surface area contributed by atoms with Gasteiger partial charge in [-0.25, -0.2) is 0 Å². The highest BCUT2D eigenvalue weighted by Crippen LogP contribution is 2.29. The van der Waals surface area contributed by atoms with Gasteiger partial charge in [-0.3, -0.25) is 24.6 Å². The summed E-state index contributed by atoms with van der Waals surface area (Å²) in [6, 6.07) is 7.46. The maximum Gasteiger partial charge on any atom is 0.296 e. The topological polar surface area (TPSA) is 114 Å². The van der Waals surface area contributed by atoms with Gasteiger partial charge in [-0.1, -0.05) is 17.7 Å². The van der Waals surface area contributed by atoms with Crippen molar-refractivity contribution in [3.63, 3.8) is 0 Å². The number of ether oxygens (including phenoxy) is 1. The van der Waals surface area contributed by atoms with E-state index in [1.807, 2.05) is 32.9 Å². The number of aryl methyl sites for hydroxylation is 3. The molecule has 1 unspecified atom stereocenters. The standard InChI is InChI=1S/C22H28N4O5/c1-13-9-14(2)21(15(3)10-13)24-20(27)12-25(5)16(4)22(28)23-18-8-7-17(31-6)11-19(18)26(29)30/h7-11,16H,12H2,1-6H3,(H,23,28)(H,24,27). The minimum atomic E-state index is -0.701. The molecule has 9 heteroatoms. The van der Waals surface area contributed by atoms with Crippen LogP contribution in [0.25, 0.3) is 0 Å². The van der Waals surface area contributed by atoms with Gasteiger partial charge in [-0.2, -0.15) is 0 Å². The minimum absolute atomic E-state index is 0.0218. The van der Waals surface area contributed by atoms with Crippen LogP contribution in [0.2, 0.25) is 0 Å². The zero-order valence-electron chi connectivity index (χ0n) is 18.6. The van der Waals surface area contributed by atoms with Crippen molar-refractivity contribution >= 4 is 28.9 Å². The van der Waals surface area contributed by atoms with E-state index >= 15 is 0 Å². The molecular weight excluding hydrogens is 400 g/mol. The molecule has 0 saturated carbocycles. The van der Waals surface area contributed by atoms with Crippen LogP contribution in [-0.2, 0) is 9.59 Å². The number of methoxy groups -OCH3 is 1. The molecule has 1 atom stereocenters. The summed E-state index contributed by atoms with van der Waals surface area (Å²) >= 11 is 0. The van der Waals surface area contributed by atoms with Gasteiger partial charge < -0.3 is 15.4 Å². The number of nitrogens with zero attached hydrogens (tertiary/aromatic N) is 2. The molecule has 0 aromatic heterocycles. The Hall–Kier alpha value is -3.46. The third-order valence-electron chi connectivity index (χ3n) is 5.03. The third-order valence-corrected chi connectivity index (χ3v) is 5.03. The van der Waals surface area contributed by atoms with Crippen LogP contribution in [0.1, 0.15) is 23.6 Å². The van der Waals surface area contributed by atoms with Gasteiger partial charge >= 0.3 is 0 Å². The highest BCUT2D eigenvalue weighted by Gasteiger charge is 2.24. The quantitative estimate of drug-likeness (QED) is 0.492. The Bertz CT molecular complexity index is 982. The van der Waals surface area contributed by atoms with E-state index in [4.69, 9.17) is 4.74 Å². The summed E-state index contributed by atoms with van der Waals surface area (Å²) in [4.78, 5) is 37.4. The molecule has 0 fully saturated rings. The highest BCUT2D eigenvalue weighted by atomic mass is 16.6. The largest absolute Gasteiger partial charge is 0.496 e. The average Bonchev–Trinajstić information content (AvgIpc) is 2.70. The molecular formula is C22H28N4O5. The number of benzene rings is 2. The normalized spacial score (nSPS) is 11.7. The summed E-state index contributed by atoms with van der Waals surface area (Å²) in [6.45, 7) is 7.45. The van der Waals surface area contributed by atoms with Crippen LogP contribution >= 0.6 is 0 Å². The van der Waals surface area contributed by atoms with Gasteiger partial charge in [0.2, 0.25) is 11.8 Å². The molecule has 2 aromatic rings. The zero-order valence-corrected chi connectivity index (χ0v) is 18.6. The fraction of sp³-hybridized carbons (Fsp3) is 0.364. The summed E-state index contributed by atoms with van der Waals surface area (Å²) in [5.41, 5.74) is 3.59. The van der Waals surface area contributed by atoms with Crippen molar-refractivity contribution in [2.45, 2.75) is 33.7 Å². The van der Waals surface area contributed by atoms with E-state index in [0.717, 1.165) is 22.4 Å². The number of rotatable bonds is 8. The van der Waals surface area contributed by atoms with E-state index in [1.165, 1.54) is 25.3 Å². The fourth-order valence-electron chi connectivity index (χ4n) is 3.25. The lowest BCUT2D eigenvalue weighted by Gasteiger charge is -2.24. The van der Waals surface area contributed by atoms with E-state index in [-0.39, 0.29) is 23.8 Å². The number of nitro benzene ring substituents is 1. The second-order valence-electron chi connectivity index (χ2n) is 7.54. The first-order valence-electron chi connectivity index (χ1n) is 9.74. The number of carbonyl (C=O) groups excluding carboxylic acids is 2. The first-order valence-corrected chi connectivity index (χ1v) is 9.74. The SMILES string of the molecule is COc1ccc(NC(=O)C(C)N(C)CC(=O)Nc2c(C)cc(C)cc2C)c([N+](=O)[O-])c1. The van der Waals surface area contributed by atoms with Crippen molar-refractivity contribution in [3.8, 4) is 5.75 Å². The third kappa shape index (κ3) is 6.02. The Morgan fingerprint density at radius 3 is 2.29 bits per heavy atom. The van der Waals surface area contributed by atoms with Crippen molar-refractivity contribution in [2.75, 3.05) is 31.3 Å². The number of amides is 2. The average molecular weight is 428 g/mol. The van der Waals surface area contributed by atoms with Gasteiger partial charge in [-0.05, 0) is 58.0 Å². The fourth-order valence-corrected chi connectivity index (χ4v) is 3.25. The minimum Gasteiger partial charge on any atom is -0.496 e. The van der Waals surface area contributed by atoms with Crippen molar-refractivity contribution in [3.05, 3.63) is 57.1 Å².